The Hall–Kier alpha value is -2.04. The third kappa shape index (κ3) is 1.77. The first-order valence-electron chi connectivity index (χ1n) is 5.71. The van der Waals surface area contributed by atoms with E-state index in [0.717, 1.165) is 16.0 Å². The summed E-state index contributed by atoms with van der Waals surface area (Å²) in [5.74, 6) is 0.766. The van der Waals surface area contributed by atoms with Crippen LogP contribution < -0.4 is 10.2 Å². The third-order valence-electron chi connectivity index (χ3n) is 2.98. The first-order chi connectivity index (χ1) is 9.69. The summed E-state index contributed by atoms with van der Waals surface area (Å²) >= 11 is 2.86. The topological polar surface area (TPSA) is 74.2 Å². The minimum absolute atomic E-state index is 0.179. The Morgan fingerprint density at radius 3 is 2.95 bits per heavy atom. The Balaban J connectivity index is 2.49. The third-order valence-corrected chi connectivity index (χ3v) is 4.66. The summed E-state index contributed by atoms with van der Waals surface area (Å²) in [6.45, 7) is 0. The molecule has 5 nitrogen and oxygen atoms in total. The number of hydrogen-bond acceptors (Lipinski definition) is 6. The molecule has 0 aliphatic heterocycles. The number of aromatic nitrogens is 2. The molecule has 0 radical (unpaired) electrons. The van der Waals surface area contributed by atoms with E-state index in [4.69, 9.17) is 10.1 Å². The van der Waals surface area contributed by atoms with Crippen molar-refractivity contribution in [2.45, 2.75) is 5.03 Å². The number of nitriles is 1. The number of hydrogen-bond donors (Lipinski definition) is 1. The van der Waals surface area contributed by atoms with Crippen LogP contribution in [0.25, 0.3) is 15.2 Å². The Bertz CT molecular complexity index is 920. The summed E-state index contributed by atoms with van der Waals surface area (Å²) in [6.07, 6.45) is 1.86. The molecule has 1 aromatic carbocycles. The predicted octanol–water partition coefficient (Wildman–Crippen LogP) is 2.63. The molecule has 0 fully saturated rings. The highest BCUT2D eigenvalue weighted by molar-refractivity contribution is 7.98. The van der Waals surface area contributed by atoms with Crippen LogP contribution in [0.2, 0.25) is 0 Å². The molecule has 3 rings (SSSR count). The van der Waals surface area contributed by atoms with Crippen molar-refractivity contribution in [2.75, 3.05) is 13.4 Å². The lowest BCUT2D eigenvalue weighted by Crippen LogP contribution is -2.18. The number of methoxy groups -OCH3 is 1. The van der Waals surface area contributed by atoms with Gasteiger partial charge in [-0.2, -0.15) is 5.26 Å². The highest BCUT2D eigenvalue weighted by atomic mass is 32.2. The van der Waals surface area contributed by atoms with E-state index in [1.165, 1.54) is 23.1 Å². The van der Waals surface area contributed by atoms with Crippen molar-refractivity contribution in [2.24, 2.45) is 0 Å². The largest absolute Gasteiger partial charge is 0.497 e. The number of nitrogens with one attached hydrogen (secondary N) is 1. The second-order valence-corrected chi connectivity index (χ2v) is 5.81. The van der Waals surface area contributed by atoms with Gasteiger partial charge in [0, 0.05) is 0 Å². The van der Waals surface area contributed by atoms with E-state index in [1.807, 2.05) is 24.5 Å². The summed E-state index contributed by atoms with van der Waals surface area (Å²) in [5.41, 5.74) is 1.36. The van der Waals surface area contributed by atoms with Gasteiger partial charge >= 0.3 is 0 Å². The van der Waals surface area contributed by atoms with Gasteiger partial charge < -0.3 is 4.74 Å². The van der Waals surface area contributed by atoms with E-state index in [0.29, 0.717) is 15.6 Å². The van der Waals surface area contributed by atoms with Crippen LogP contribution in [0.1, 0.15) is 5.56 Å². The van der Waals surface area contributed by atoms with Crippen LogP contribution in [0.5, 0.6) is 5.75 Å². The SMILES string of the molecule is COc1ccc2c(c1)sc1nc(SC)c(C#N)c(=N)n12. The van der Waals surface area contributed by atoms with E-state index < -0.39 is 0 Å². The average Bonchev–Trinajstić information content (AvgIpc) is 2.84. The van der Waals surface area contributed by atoms with Crippen LogP contribution in [0.4, 0.5) is 0 Å². The predicted molar refractivity (Wildman–Crippen MR) is 79.5 cm³/mol. The molecule has 0 aliphatic rings. The number of thioether (sulfide) groups is 1. The number of benzene rings is 1. The van der Waals surface area contributed by atoms with Crippen molar-refractivity contribution in [3.05, 3.63) is 29.3 Å². The number of rotatable bonds is 2. The molecular formula is C13H10N4OS2. The normalized spacial score (nSPS) is 10.8. The van der Waals surface area contributed by atoms with Gasteiger partial charge in [0.05, 0.1) is 17.3 Å². The molecule has 0 bridgehead atoms. The van der Waals surface area contributed by atoms with E-state index in [1.54, 1.807) is 11.5 Å². The van der Waals surface area contributed by atoms with E-state index >= 15 is 0 Å². The molecule has 0 amide bonds. The van der Waals surface area contributed by atoms with Crippen molar-refractivity contribution < 1.29 is 4.74 Å². The highest BCUT2D eigenvalue weighted by Crippen LogP contribution is 2.29. The quantitative estimate of drug-likeness (QED) is 0.583. The number of thiazole rings is 1. The molecule has 3 aromatic rings. The molecule has 0 unspecified atom stereocenters. The summed E-state index contributed by atoms with van der Waals surface area (Å²) in [7, 11) is 1.62. The molecule has 0 saturated heterocycles. The first-order valence-corrected chi connectivity index (χ1v) is 7.75. The molecule has 2 heterocycles. The molecular weight excluding hydrogens is 292 g/mol. The maximum Gasteiger partial charge on any atom is 0.197 e. The van der Waals surface area contributed by atoms with Crippen LogP contribution in [-0.2, 0) is 0 Å². The molecule has 2 aromatic heterocycles. The fourth-order valence-electron chi connectivity index (χ4n) is 2.03. The molecule has 0 saturated carbocycles. The van der Waals surface area contributed by atoms with Gasteiger partial charge in [-0.15, -0.1) is 11.8 Å². The monoisotopic (exact) mass is 302 g/mol. The Morgan fingerprint density at radius 2 is 2.30 bits per heavy atom. The highest BCUT2D eigenvalue weighted by Gasteiger charge is 2.14. The maximum absolute atomic E-state index is 9.23. The lowest BCUT2D eigenvalue weighted by molar-refractivity contribution is 0.415. The second kappa shape index (κ2) is 4.81. The van der Waals surface area contributed by atoms with Crippen LogP contribution >= 0.6 is 23.1 Å². The minimum atomic E-state index is 0.179. The van der Waals surface area contributed by atoms with Gasteiger partial charge in [0.15, 0.2) is 10.4 Å². The molecule has 20 heavy (non-hydrogen) atoms. The summed E-state index contributed by atoms with van der Waals surface area (Å²) in [5, 5.41) is 18.1. The molecule has 0 aliphatic carbocycles. The zero-order chi connectivity index (χ0) is 14.3. The Labute approximate surface area is 123 Å². The summed E-state index contributed by atoms with van der Waals surface area (Å²) in [6, 6.07) is 7.72. The van der Waals surface area contributed by atoms with Crippen molar-refractivity contribution in [1.29, 1.82) is 10.7 Å². The van der Waals surface area contributed by atoms with E-state index in [2.05, 4.69) is 11.1 Å². The van der Waals surface area contributed by atoms with Crippen molar-refractivity contribution in [3.8, 4) is 11.8 Å². The number of nitrogens with zero attached hydrogens (tertiary/aromatic N) is 3. The fraction of sp³-hybridized carbons (Fsp3) is 0.154. The van der Waals surface area contributed by atoms with Crippen molar-refractivity contribution in [3.63, 3.8) is 0 Å². The van der Waals surface area contributed by atoms with E-state index in [-0.39, 0.29) is 5.49 Å². The Morgan fingerprint density at radius 1 is 1.50 bits per heavy atom. The zero-order valence-corrected chi connectivity index (χ0v) is 12.4. The summed E-state index contributed by atoms with van der Waals surface area (Å²) in [4.78, 5) is 5.19. The minimum Gasteiger partial charge on any atom is -0.497 e. The van der Waals surface area contributed by atoms with Gasteiger partial charge in [-0.25, -0.2) is 4.98 Å². The summed E-state index contributed by atoms with van der Waals surface area (Å²) < 4.78 is 7.90. The Kier molecular flexibility index (Phi) is 3.12. The van der Waals surface area contributed by atoms with Gasteiger partial charge in [-0.05, 0) is 24.5 Å². The van der Waals surface area contributed by atoms with Crippen molar-refractivity contribution >= 4 is 38.3 Å². The van der Waals surface area contributed by atoms with Gasteiger partial charge in [-0.1, -0.05) is 11.3 Å². The van der Waals surface area contributed by atoms with Crippen LogP contribution in [-0.4, -0.2) is 22.8 Å². The molecule has 100 valence electrons. The average molecular weight is 302 g/mol. The molecule has 7 heteroatoms. The smallest absolute Gasteiger partial charge is 0.197 e. The molecule has 0 spiro atoms. The van der Waals surface area contributed by atoms with E-state index in [9.17, 15) is 5.26 Å². The molecule has 1 N–H and O–H groups in total. The van der Waals surface area contributed by atoms with Gasteiger partial charge in [-0.3, -0.25) is 9.81 Å². The van der Waals surface area contributed by atoms with Crippen LogP contribution in [0.3, 0.4) is 0 Å². The standard InChI is InChI=1S/C13H10N4OS2/c1-18-7-3-4-9-10(5-7)20-13-16-12(19-2)8(6-14)11(15)17(9)13/h3-5,15H,1-2H3. The van der Waals surface area contributed by atoms with Crippen LogP contribution in [0, 0.1) is 16.7 Å². The van der Waals surface area contributed by atoms with Crippen LogP contribution in [0.15, 0.2) is 23.2 Å². The lowest BCUT2D eigenvalue weighted by atomic mass is 10.3. The molecule has 0 atom stereocenters. The number of fused-ring (bicyclic) bond motifs is 3. The maximum atomic E-state index is 9.23. The zero-order valence-electron chi connectivity index (χ0n) is 10.8. The van der Waals surface area contributed by atoms with Gasteiger partial charge in [0.25, 0.3) is 0 Å². The van der Waals surface area contributed by atoms with Gasteiger partial charge in [0.2, 0.25) is 0 Å². The number of ether oxygens (including phenoxy) is 1. The van der Waals surface area contributed by atoms with Gasteiger partial charge in [0.1, 0.15) is 22.4 Å². The van der Waals surface area contributed by atoms with Crippen molar-refractivity contribution in [1.82, 2.24) is 9.38 Å². The first kappa shape index (κ1) is 13.0. The lowest BCUT2D eigenvalue weighted by Gasteiger charge is -2.02. The second-order valence-electron chi connectivity index (χ2n) is 4.01. The fourth-order valence-corrected chi connectivity index (χ4v) is 3.66.